The molecule has 1 aromatic heterocycles. The molecule has 1 aromatic rings. The van der Waals surface area contributed by atoms with Gasteiger partial charge in [0.05, 0.1) is 15.9 Å². The molecule has 0 spiro atoms. The second kappa shape index (κ2) is 7.17. The molecule has 0 amide bonds. The van der Waals surface area contributed by atoms with Gasteiger partial charge in [0.25, 0.3) is 0 Å². The van der Waals surface area contributed by atoms with Crippen molar-refractivity contribution in [2.24, 2.45) is 13.0 Å². The smallest absolute Gasteiger partial charge is 0.0766 e. The number of aryl methyl sites for hydroxylation is 2. The van der Waals surface area contributed by atoms with Crippen molar-refractivity contribution in [1.29, 1.82) is 0 Å². The Balaban J connectivity index is 2.75. The third-order valence-corrected chi connectivity index (χ3v) is 4.16. The highest BCUT2D eigenvalue weighted by atomic mass is 79.9. The molecule has 0 aliphatic carbocycles. The van der Waals surface area contributed by atoms with E-state index in [2.05, 4.69) is 47.1 Å². The molecule has 0 saturated carbocycles. The van der Waals surface area contributed by atoms with Gasteiger partial charge < -0.3 is 5.32 Å². The summed E-state index contributed by atoms with van der Waals surface area (Å²) >= 11 is 3.68. The molecule has 4 heteroatoms. The van der Waals surface area contributed by atoms with Crippen molar-refractivity contribution >= 4 is 15.9 Å². The Morgan fingerprint density at radius 2 is 2.06 bits per heavy atom. The minimum Gasteiger partial charge on any atom is -0.317 e. The number of nitrogens with one attached hydrogen (secondary N) is 1. The standard InChI is InChI=1S/C13H24BrN3/c1-5-10(9-15-7-3)8-12-13(14)11(6-2)16-17(12)4/h10,15H,5-9H2,1-4H3. The average molecular weight is 302 g/mol. The largest absolute Gasteiger partial charge is 0.317 e. The second-order valence-corrected chi connectivity index (χ2v) is 5.26. The van der Waals surface area contributed by atoms with E-state index in [1.807, 2.05) is 11.7 Å². The molecule has 3 nitrogen and oxygen atoms in total. The average Bonchev–Trinajstić information content (AvgIpc) is 2.60. The fraction of sp³-hybridized carbons (Fsp3) is 0.769. The van der Waals surface area contributed by atoms with E-state index in [-0.39, 0.29) is 0 Å². The summed E-state index contributed by atoms with van der Waals surface area (Å²) in [6.07, 6.45) is 3.28. The van der Waals surface area contributed by atoms with Crippen LogP contribution in [-0.2, 0) is 19.9 Å². The first-order valence-electron chi connectivity index (χ1n) is 6.54. The van der Waals surface area contributed by atoms with Crippen LogP contribution >= 0.6 is 15.9 Å². The Morgan fingerprint density at radius 1 is 1.35 bits per heavy atom. The van der Waals surface area contributed by atoms with Crippen molar-refractivity contribution < 1.29 is 0 Å². The first kappa shape index (κ1) is 14.7. The molecule has 98 valence electrons. The zero-order valence-corrected chi connectivity index (χ0v) is 13.0. The molecule has 0 aromatic carbocycles. The molecule has 0 bridgehead atoms. The predicted octanol–water partition coefficient (Wildman–Crippen LogP) is 2.92. The number of rotatable bonds is 7. The monoisotopic (exact) mass is 301 g/mol. The quantitative estimate of drug-likeness (QED) is 0.839. The fourth-order valence-electron chi connectivity index (χ4n) is 2.02. The van der Waals surface area contributed by atoms with E-state index in [0.29, 0.717) is 5.92 Å². The van der Waals surface area contributed by atoms with Gasteiger partial charge in [0, 0.05) is 7.05 Å². The minimum atomic E-state index is 0.686. The van der Waals surface area contributed by atoms with Crippen LogP contribution < -0.4 is 5.32 Å². The molecule has 17 heavy (non-hydrogen) atoms. The minimum absolute atomic E-state index is 0.686. The number of halogens is 1. The molecule has 1 atom stereocenters. The molecular weight excluding hydrogens is 278 g/mol. The van der Waals surface area contributed by atoms with Gasteiger partial charge in [-0.05, 0) is 47.8 Å². The summed E-state index contributed by atoms with van der Waals surface area (Å²) in [5.74, 6) is 0.686. The summed E-state index contributed by atoms with van der Waals surface area (Å²) in [7, 11) is 2.04. The normalized spacial score (nSPS) is 13.0. The summed E-state index contributed by atoms with van der Waals surface area (Å²) in [6.45, 7) is 8.69. The molecule has 0 saturated heterocycles. The lowest BCUT2D eigenvalue weighted by molar-refractivity contribution is 0.453. The van der Waals surface area contributed by atoms with E-state index in [1.54, 1.807) is 0 Å². The molecule has 1 rings (SSSR count). The maximum atomic E-state index is 4.55. The Bertz CT molecular complexity index is 347. The van der Waals surface area contributed by atoms with Crippen molar-refractivity contribution in [3.8, 4) is 0 Å². The van der Waals surface area contributed by atoms with Gasteiger partial charge in [-0.1, -0.05) is 27.2 Å². The van der Waals surface area contributed by atoms with Crippen molar-refractivity contribution in [3.63, 3.8) is 0 Å². The van der Waals surface area contributed by atoms with Crippen LogP contribution in [0.3, 0.4) is 0 Å². The lowest BCUT2D eigenvalue weighted by Crippen LogP contribution is -2.24. The second-order valence-electron chi connectivity index (χ2n) is 4.47. The maximum Gasteiger partial charge on any atom is 0.0766 e. The summed E-state index contributed by atoms with van der Waals surface area (Å²) in [6, 6.07) is 0. The zero-order chi connectivity index (χ0) is 12.8. The van der Waals surface area contributed by atoms with Crippen LogP contribution in [-0.4, -0.2) is 22.9 Å². The van der Waals surface area contributed by atoms with E-state index in [1.165, 1.54) is 22.3 Å². The summed E-state index contributed by atoms with van der Waals surface area (Å²) < 4.78 is 3.23. The van der Waals surface area contributed by atoms with Crippen LogP contribution in [0.5, 0.6) is 0 Å². The van der Waals surface area contributed by atoms with Crippen LogP contribution in [0.1, 0.15) is 38.6 Å². The molecule has 0 radical (unpaired) electrons. The van der Waals surface area contributed by atoms with Crippen molar-refractivity contribution in [1.82, 2.24) is 15.1 Å². The van der Waals surface area contributed by atoms with Crippen LogP contribution in [0.2, 0.25) is 0 Å². The van der Waals surface area contributed by atoms with Gasteiger partial charge in [-0.25, -0.2) is 0 Å². The summed E-state index contributed by atoms with van der Waals surface area (Å²) in [4.78, 5) is 0. The van der Waals surface area contributed by atoms with E-state index in [0.717, 1.165) is 25.9 Å². The van der Waals surface area contributed by atoms with Crippen LogP contribution in [0.4, 0.5) is 0 Å². The van der Waals surface area contributed by atoms with Crippen molar-refractivity contribution in [2.45, 2.75) is 40.0 Å². The van der Waals surface area contributed by atoms with Gasteiger partial charge in [0.2, 0.25) is 0 Å². The third kappa shape index (κ3) is 3.81. The molecular formula is C13H24BrN3. The highest BCUT2D eigenvalue weighted by Crippen LogP contribution is 2.24. The SMILES string of the molecule is CCNCC(CC)Cc1c(Br)c(CC)nn1C. The number of hydrogen-bond acceptors (Lipinski definition) is 2. The van der Waals surface area contributed by atoms with Gasteiger partial charge in [-0.2, -0.15) is 5.10 Å². The van der Waals surface area contributed by atoms with Crippen molar-refractivity contribution in [3.05, 3.63) is 15.9 Å². The number of nitrogens with zero attached hydrogens (tertiary/aromatic N) is 2. The Hall–Kier alpha value is -0.350. The number of aromatic nitrogens is 2. The Morgan fingerprint density at radius 3 is 2.53 bits per heavy atom. The van der Waals surface area contributed by atoms with Crippen LogP contribution in [0.15, 0.2) is 4.47 Å². The summed E-state index contributed by atoms with van der Waals surface area (Å²) in [5.41, 5.74) is 2.49. The molecule has 1 unspecified atom stereocenters. The molecule has 0 fully saturated rings. The molecule has 1 heterocycles. The van der Waals surface area contributed by atoms with Gasteiger partial charge in [-0.15, -0.1) is 0 Å². The first-order valence-corrected chi connectivity index (χ1v) is 7.34. The van der Waals surface area contributed by atoms with Gasteiger partial charge >= 0.3 is 0 Å². The third-order valence-electron chi connectivity index (χ3n) is 3.25. The molecule has 1 N–H and O–H groups in total. The van der Waals surface area contributed by atoms with Gasteiger partial charge in [0.15, 0.2) is 0 Å². The number of hydrogen-bond donors (Lipinski definition) is 1. The first-order chi connectivity index (χ1) is 8.13. The maximum absolute atomic E-state index is 4.55. The van der Waals surface area contributed by atoms with Crippen molar-refractivity contribution in [2.75, 3.05) is 13.1 Å². The van der Waals surface area contributed by atoms with E-state index in [4.69, 9.17) is 0 Å². The van der Waals surface area contributed by atoms with Gasteiger partial charge in [-0.3, -0.25) is 4.68 Å². The Kier molecular flexibility index (Phi) is 6.20. The fourth-order valence-corrected chi connectivity index (χ4v) is 2.80. The van der Waals surface area contributed by atoms with E-state index < -0.39 is 0 Å². The Labute approximate surface area is 113 Å². The molecule has 0 aliphatic rings. The topological polar surface area (TPSA) is 29.9 Å². The zero-order valence-electron chi connectivity index (χ0n) is 11.4. The highest BCUT2D eigenvalue weighted by molar-refractivity contribution is 9.10. The van der Waals surface area contributed by atoms with Crippen LogP contribution in [0.25, 0.3) is 0 Å². The molecule has 0 aliphatic heterocycles. The highest BCUT2D eigenvalue weighted by Gasteiger charge is 2.16. The van der Waals surface area contributed by atoms with E-state index in [9.17, 15) is 0 Å². The lowest BCUT2D eigenvalue weighted by atomic mass is 10.00. The summed E-state index contributed by atoms with van der Waals surface area (Å²) in [5, 5.41) is 7.98. The lowest BCUT2D eigenvalue weighted by Gasteiger charge is -2.15. The predicted molar refractivity (Wildman–Crippen MR) is 76.3 cm³/mol. The van der Waals surface area contributed by atoms with Crippen LogP contribution in [0, 0.1) is 5.92 Å². The van der Waals surface area contributed by atoms with Gasteiger partial charge in [0.1, 0.15) is 0 Å². The van der Waals surface area contributed by atoms with E-state index >= 15 is 0 Å².